The summed E-state index contributed by atoms with van der Waals surface area (Å²) in [5.74, 6) is -4.20. The van der Waals surface area contributed by atoms with Crippen molar-refractivity contribution in [1.29, 1.82) is 0 Å². The third-order valence-electron chi connectivity index (χ3n) is 4.62. The van der Waals surface area contributed by atoms with Gasteiger partial charge in [0.25, 0.3) is 0 Å². The number of nitrogens with zero attached hydrogens (tertiary/aromatic N) is 5. The minimum atomic E-state index is -1.32. The normalized spacial score (nSPS) is 15.2. The highest BCUT2D eigenvalue weighted by atomic mass is 19.2. The Morgan fingerprint density at radius 2 is 1.82 bits per heavy atom. The van der Waals surface area contributed by atoms with Crippen molar-refractivity contribution in [2.45, 2.75) is 18.9 Å². The topological polar surface area (TPSA) is 93.4 Å². The Morgan fingerprint density at radius 1 is 1.11 bits per heavy atom. The second-order valence-electron chi connectivity index (χ2n) is 6.30. The Kier molecular flexibility index (Phi) is 4.49. The molecule has 1 saturated heterocycles. The Balaban J connectivity index is 1.63. The van der Waals surface area contributed by atoms with Gasteiger partial charge in [-0.3, -0.25) is 0 Å². The van der Waals surface area contributed by atoms with Crippen molar-refractivity contribution < 1.29 is 27.8 Å². The van der Waals surface area contributed by atoms with E-state index in [1.807, 2.05) is 0 Å². The monoisotopic (exact) mass is 393 g/mol. The lowest BCUT2D eigenvalue weighted by atomic mass is 10.1. The number of fused-ring (bicyclic) bond motifs is 1. The lowest BCUT2D eigenvalue weighted by Gasteiger charge is -2.30. The number of amides is 1. The molecule has 0 bridgehead atoms. The fraction of sp³-hybridized carbons (Fsp3) is 0.294. The third-order valence-corrected chi connectivity index (χ3v) is 4.62. The lowest BCUT2D eigenvalue weighted by Crippen LogP contribution is -2.38. The van der Waals surface area contributed by atoms with E-state index in [0.717, 1.165) is 0 Å². The quantitative estimate of drug-likeness (QED) is 0.686. The number of ether oxygens (including phenoxy) is 1. The number of halogens is 3. The van der Waals surface area contributed by atoms with E-state index in [1.165, 1.54) is 17.4 Å². The average Bonchev–Trinajstić information content (AvgIpc) is 3.11. The van der Waals surface area contributed by atoms with Crippen LogP contribution in [0.25, 0.3) is 11.0 Å². The molecule has 2 aromatic heterocycles. The molecule has 8 nitrogen and oxygen atoms in total. The Hall–Kier alpha value is -3.37. The van der Waals surface area contributed by atoms with E-state index in [9.17, 15) is 18.0 Å². The van der Waals surface area contributed by atoms with Crippen LogP contribution in [0.5, 0.6) is 11.6 Å². The minimum Gasteiger partial charge on any atom is -0.465 e. The number of carbonyl (C=O) groups is 1. The molecule has 4 rings (SSSR count). The second kappa shape index (κ2) is 6.98. The summed E-state index contributed by atoms with van der Waals surface area (Å²) in [4.78, 5) is 20.5. The summed E-state index contributed by atoms with van der Waals surface area (Å²) in [5.41, 5.74) is 0.418. The maximum atomic E-state index is 13.9. The number of hydrogen-bond donors (Lipinski definition) is 1. The molecule has 0 aliphatic carbocycles. The zero-order valence-corrected chi connectivity index (χ0v) is 14.3. The first-order chi connectivity index (χ1) is 13.4. The van der Waals surface area contributed by atoms with Gasteiger partial charge in [-0.05, 0) is 12.8 Å². The predicted octanol–water partition coefficient (Wildman–Crippen LogP) is 3.35. The summed E-state index contributed by atoms with van der Waals surface area (Å²) in [7, 11) is 0. The first-order valence-electron chi connectivity index (χ1n) is 8.42. The summed E-state index contributed by atoms with van der Waals surface area (Å²) in [6.45, 7) is 0.742. The molecule has 1 aliphatic rings. The molecule has 3 aromatic rings. The summed E-state index contributed by atoms with van der Waals surface area (Å²) in [5, 5.41) is 13.7. The van der Waals surface area contributed by atoms with Crippen LogP contribution in [0.4, 0.5) is 18.0 Å². The van der Waals surface area contributed by atoms with Gasteiger partial charge in [-0.25, -0.2) is 32.6 Å². The molecule has 0 atom stereocenters. The third kappa shape index (κ3) is 3.19. The summed E-state index contributed by atoms with van der Waals surface area (Å²) in [6.07, 6.45) is 2.78. The van der Waals surface area contributed by atoms with E-state index < -0.39 is 29.3 Å². The van der Waals surface area contributed by atoms with Gasteiger partial charge in [0.05, 0.1) is 12.2 Å². The minimum absolute atomic E-state index is 0.0517. The van der Waals surface area contributed by atoms with Gasteiger partial charge in [0.2, 0.25) is 5.88 Å². The molecular formula is C17H14F3N5O3. The summed E-state index contributed by atoms with van der Waals surface area (Å²) in [6, 6.07) is 0.920. The smallest absolute Gasteiger partial charge is 0.407 e. The number of rotatable bonds is 3. The van der Waals surface area contributed by atoms with Crippen molar-refractivity contribution in [2.24, 2.45) is 0 Å². The Morgan fingerprint density at radius 3 is 2.54 bits per heavy atom. The standard InChI is InChI=1S/C17H14F3N5O3/c18-11-5-13(20)14(6-12(11)19)28-16-10-7-23-25(15(10)21-8-22-16)9-1-3-24(4-2-9)17(26)27/h5-9H,1-4H2,(H,26,27). The van der Waals surface area contributed by atoms with E-state index in [2.05, 4.69) is 15.1 Å². The summed E-state index contributed by atoms with van der Waals surface area (Å²) < 4.78 is 47.3. The second-order valence-corrected chi connectivity index (χ2v) is 6.30. The highest BCUT2D eigenvalue weighted by molar-refractivity contribution is 5.80. The molecule has 1 aromatic carbocycles. The maximum absolute atomic E-state index is 13.9. The molecule has 0 saturated carbocycles. The molecular weight excluding hydrogens is 379 g/mol. The number of aromatic nitrogens is 4. The van der Waals surface area contributed by atoms with Crippen LogP contribution < -0.4 is 4.74 Å². The number of likely N-dealkylation sites (tertiary alicyclic amines) is 1. The molecule has 146 valence electrons. The van der Waals surface area contributed by atoms with Crippen molar-refractivity contribution in [3.8, 4) is 11.6 Å². The van der Waals surface area contributed by atoms with Gasteiger partial charge < -0.3 is 14.7 Å². The van der Waals surface area contributed by atoms with Crippen molar-refractivity contribution >= 4 is 17.1 Å². The van der Waals surface area contributed by atoms with Gasteiger partial charge in [0, 0.05) is 25.2 Å². The van der Waals surface area contributed by atoms with Crippen LogP contribution >= 0.6 is 0 Å². The molecule has 3 heterocycles. The zero-order chi connectivity index (χ0) is 19.8. The van der Waals surface area contributed by atoms with Crippen LogP contribution in [0.15, 0.2) is 24.7 Å². The molecule has 28 heavy (non-hydrogen) atoms. The highest BCUT2D eigenvalue weighted by Gasteiger charge is 2.26. The van der Waals surface area contributed by atoms with Gasteiger partial charge in [-0.1, -0.05) is 0 Å². The van der Waals surface area contributed by atoms with Crippen LogP contribution in [0.1, 0.15) is 18.9 Å². The molecule has 0 unspecified atom stereocenters. The fourth-order valence-electron chi connectivity index (χ4n) is 3.18. The number of benzene rings is 1. The molecule has 0 radical (unpaired) electrons. The molecule has 1 aliphatic heterocycles. The first kappa shape index (κ1) is 18.0. The van der Waals surface area contributed by atoms with Crippen molar-refractivity contribution in [3.05, 3.63) is 42.1 Å². The molecule has 1 amide bonds. The Bertz CT molecular complexity index is 1050. The van der Waals surface area contributed by atoms with E-state index in [-0.39, 0.29) is 11.9 Å². The highest BCUT2D eigenvalue weighted by Crippen LogP contribution is 2.32. The van der Waals surface area contributed by atoms with Gasteiger partial charge in [0.1, 0.15) is 11.7 Å². The molecule has 11 heteroatoms. The van der Waals surface area contributed by atoms with Crippen molar-refractivity contribution in [3.63, 3.8) is 0 Å². The van der Waals surface area contributed by atoms with Crippen LogP contribution in [-0.4, -0.2) is 48.9 Å². The predicted molar refractivity (Wildman–Crippen MR) is 89.6 cm³/mol. The van der Waals surface area contributed by atoms with E-state index in [0.29, 0.717) is 49.1 Å². The SMILES string of the molecule is O=C(O)N1CCC(n2ncc3c(Oc4cc(F)c(F)cc4F)ncnc32)CC1. The summed E-state index contributed by atoms with van der Waals surface area (Å²) >= 11 is 0. The fourth-order valence-corrected chi connectivity index (χ4v) is 3.18. The van der Waals surface area contributed by atoms with E-state index in [1.54, 1.807) is 4.68 Å². The van der Waals surface area contributed by atoms with Crippen LogP contribution in [0.3, 0.4) is 0 Å². The Labute approximate surface area is 156 Å². The number of carboxylic acid groups (broad SMARTS) is 1. The molecule has 1 N–H and O–H groups in total. The van der Waals surface area contributed by atoms with E-state index >= 15 is 0 Å². The largest absolute Gasteiger partial charge is 0.465 e. The van der Waals surface area contributed by atoms with E-state index in [4.69, 9.17) is 9.84 Å². The zero-order valence-electron chi connectivity index (χ0n) is 14.3. The van der Waals surface area contributed by atoms with Gasteiger partial charge in [-0.15, -0.1) is 0 Å². The van der Waals surface area contributed by atoms with Crippen molar-refractivity contribution in [2.75, 3.05) is 13.1 Å². The van der Waals surface area contributed by atoms with Gasteiger partial charge in [-0.2, -0.15) is 5.10 Å². The van der Waals surface area contributed by atoms with Gasteiger partial charge >= 0.3 is 6.09 Å². The number of hydrogen-bond acceptors (Lipinski definition) is 5. The van der Waals surface area contributed by atoms with Gasteiger partial charge in [0.15, 0.2) is 28.8 Å². The van der Waals surface area contributed by atoms with Crippen molar-refractivity contribution in [1.82, 2.24) is 24.6 Å². The first-order valence-corrected chi connectivity index (χ1v) is 8.42. The van der Waals surface area contributed by atoms with Crippen LogP contribution in [0.2, 0.25) is 0 Å². The van der Waals surface area contributed by atoms with Crippen LogP contribution in [0, 0.1) is 17.5 Å². The average molecular weight is 393 g/mol. The molecule has 0 spiro atoms. The lowest BCUT2D eigenvalue weighted by molar-refractivity contribution is 0.124. The molecule has 1 fully saturated rings. The number of piperidine rings is 1. The van der Waals surface area contributed by atoms with Crippen LogP contribution in [-0.2, 0) is 0 Å². The maximum Gasteiger partial charge on any atom is 0.407 e.